The summed E-state index contributed by atoms with van der Waals surface area (Å²) in [5, 5.41) is 1.30. The summed E-state index contributed by atoms with van der Waals surface area (Å²) in [5.74, 6) is 0.672. The van der Waals surface area contributed by atoms with Crippen LogP contribution in [0.3, 0.4) is 0 Å². The van der Waals surface area contributed by atoms with Crippen molar-refractivity contribution in [2.24, 2.45) is 11.7 Å². The molecule has 1 rings (SSSR count). The molecule has 1 atom stereocenters. The zero-order chi connectivity index (χ0) is 12.0. The van der Waals surface area contributed by atoms with Gasteiger partial charge in [0.25, 0.3) is 0 Å². The Labute approximate surface area is 108 Å². The Bertz CT molecular complexity index is 313. The van der Waals surface area contributed by atoms with Crippen LogP contribution in [0.25, 0.3) is 0 Å². The first-order valence-electron chi connectivity index (χ1n) is 5.84. The second-order valence-electron chi connectivity index (χ2n) is 3.90. The van der Waals surface area contributed by atoms with Gasteiger partial charge >= 0.3 is 0 Å². The number of hydrogen-bond acceptors (Lipinski definition) is 2. The van der Waals surface area contributed by atoms with Crippen molar-refractivity contribution in [2.75, 3.05) is 6.54 Å². The zero-order valence-electron chi connectivity index (χ0n) is 9.95. The van der Waals surface area contributed by atoms with Crippen LogP contribution >= 0.6 is 23.4 Å². The average Bonchev–Trinajstić information content (AvgIpc) is 2.31. The molecule has 1 aromatic carbocycles. The van der Waals surface area contributed by atoms with Crippen molar-refractivity contribution in [3.63, 3.8) is 0 Å². The minimum atomic E-state index is 0.467. The summed E-state index contributed by atoms with van der Waals surface area (Å²) in [5.41, 5.74) is 5.86. The van der Waals surface area contributed by atoms with E-state index in [9.17, 15) is 0 Å². The SMILES string of the molecule is CCC(CC)C(CN)Sc1ccccc1Cl. The monoisotopic (exact) mass is 257 g/mol. The first-order chi connectivity index (χ1) is 7.72. The van der Waals surface area contributed by atoms with Crippen LogP contribution in [0.1, 0.15) is 26.7 Å². The van der Waals surface area contributed by atoms with Gasteiger partial charge < -0.3 is 5.73 Å². The second kappa shape index (κ2) is 7.21. The topological polar surface area (TPSA) is 26.0 Å². The predicted octanol–water partition coefficient (Wildman–Crippen LogP) is 4.20. The molecule has 0 spiro atoms. The Morgan fingerprint density at radius 3 is 2.38 bits per heavy atom. The van der Waals surface area contributed by atoms with E-state index in [1.54, 1.807) is 0 Å². The highest BCUT2D eigenvalue weighted by Crippen LogP contribution is 2.34. The summed E-state index contributed by atoms with van der Waals surface area (Å²) in [6.45, 7) is 5.16. The molecule has 0 bridgehead atoms. The molecule has 1 nitrogen and oxygen atoms in total. The lowest BCUT2D eigenvalue weighted by molar-refractivity contribution is 0.475. The standard InChI is InChI=1S/C13H20ClNS/c1-3-10(4-2)13(9-15)16-12-8-6-5-7-11(12)14/h5-8,10,13H,3-4,9,15H2,1-2H3. The summed E-state index contributed by atoms with van der Waals surface area (Å²) in [6, 6.07) is 7.98. The maximum Gasteiger partial charge on any atom is 0.0541 e. The van der Waals surface area contributed by atoms with Crippen LogP contribution in [0, 0.1) is 5.92 Å². The second-order valence-corrected chi connectivity index (χ2v) is 5.59. The van der Waals surface area contributed by atoms with E-state index in [4.69, 9.17) is 17.3 Å². The van der Waals surface area contributed by atoms with Gasteiger partial charge in [0.1, 0.15) is 0 Å². The van der Waals surface area contributed by atoms with E-state index in [2.05, 4.69) is 19.9 Å². The van der Waals surface area contributed by atoms with Gasteiger partial charge in [-0.3, -0.25) is 0 Å². The highest BCUT2D eigenvalue weighted by atomic mass is 35.5. The fraction of sp³-hybridized carbons (Fsp3) is 0.538. The molecule has 0 heterocycles. The maximum absolute atomic E-state index is 6.15. The maximum atomic E-state index is 6.15. The number of rotatable bonds is 6. The lowest BCUT2D eigenvalue weighted by Crippen LogP contribution is -2.25. The van der Waals surface area contributed by atoms with Gasteiger partial charge in [0, 0.05) is 16.7 Å². The van der Waals surface area contributed by atoms with Gasteiger partial charge in [0.05, 0.1) is 5.02 Å². The van der Waals surface area contributed by atoms with Crippen LogP contribution in [0.2, 0.25) is 5.02 Å². The third-order valence-corrected chi connectivity index (χ3v) is 4.85. The number of benzene rings is 1. The lowest BCUT2D eigenvalue weighted by Gasteiger charge is -2.23. The first kappa shape index (κ1) is 13.9. The largest absolute Gasteiger partial charge is 0.329 e. The van der Waals surface area contributed by atoms with E-state index in [1.807, 2.05) is 30.0 Å². The fourth-order valence-electron chi connectivity index (χ4n) is 1.85. The zero-order valence-corrected chi connectivity index (χ0v) is 11.5. The fourth-order valence-corrected chi connectivity index (χ4v) is 3.46. The van der Waals surface area contributed by atoms with Gasteiger partial charge in [-0.15, -0.1) is 11.8 Å². The smallest absolute Gasteiger partial charge is 0.0541 e. The lowest BCUT2D eigenvalue weighted by atomic mass is 9.99. The van der Waals surface area contributed by atoms with Crippen molar-refractivity contribution >= 4 is 23.4 Å². The molecular weight excluding hydrogens is 238 g/mol. The minimum absolute atomic E-state index is 0.467. The van der Waals surface area contributed by atoms with Gasteiger partial charge in [-0.2, -0.15) is 0 Å². The van der Waals surface area contributed by atoms with Crippen molar-refractivity contribution in [1.29, 1.82) is 0 Å². The molecule has 0 aromatic heterocycles. The van der Waals surface area contributed by atoms with Gasteiger partial charge in [0.15, 0.2) is 0 Å². The van der Waals surface area contributed by atoms with Crippen LogP contribution in [0.5, 0.6) is 0 Å². The first-order valence-corrected chi connectivity index (χ1v) is 7.09. The van der Waals surface area contributed by atoms with Gasteiger partial charge in [-0.1, -0.05) is 50.4 Å². The van der Waals surface area contributed by atoms with E-state index in [0.717, 1.165) is 9.92 Å². The minimum Gasteiger partial charge on any atom is -0.329 e. The van der Waals surface area contributed by atoms with Crippen LogP contribution in [-0.4, -0.2) is 11.8 Å². The molecular formula is C13H20ClNS. The molecule has 16 heavy (non-hydrogen) atoms. The Morgan fingerprint density at radius 2 is 1.88 bits per heavy atom. The molecule has 0 saturated carbocycles. The Kier molecular flexibility index (Phi) is 6.25. The van der Waals surface area contributed by atoms with Crippen LogP contribution in [0.4, 0.5) is 0 Å². The predicted molar refractivity (Wildman–Crippen MR) is 74.2 cm³/mol. The molecule has 1 unspecified atom stereocenters. The molecule has 0 aliphatic carbocycles. The molecule has 1 aromatic rings. The van der Waals surface area contributed by atoms with Gasteiger partial charge in [0.2, 0.25) is 0 Å². The summed E-state index contributed by atoms with van der Waals surface area (Å²) < 4.78 is 0. The summed E-state index contributed by atoms with van der Waals surface area (Å²) in [4.78, 5) is 1.14. The molecule has 0 aliphatic heterocycles. The number of nitrogens with two attached hydrogens (primary N) is 1. The highest BCUT2D eigenvalue weighted by Gasteiger charge is 2.18. The van der Waals surface area contributed by atoms with Crippen molar-refractivity contribution < 1.29 is 0 Å². The molecule has 0 fully saturated rings. The van der Waals surface area contributed by atoms with E-state index in [1.165, 1.54) is 12.8 Å². The quantitative estimate of drug-likeness (QED) is 0.773. The van der Waals surface area contributed by atoms with Gasteiger partial charge in [-0.25, -0.2) is 0 Å². The summed E-state index contributed by atoms with van der Waals surface area (Å²) in [6.07, 6.45) is 2.35. The van der Waals surface area contributed by atoms with Crippen molar-refractivity contribution in [2.45, 2.75) is 36.8 Å². The number of thioether (sulfide) groups is 1. The molecule has 3 heteroatoms. The normalized spacial score (nSPS) is 13.1. The molecule has 0 radical (unpaired) electrons. The van der Waals surface area contributed by atoms with Crippen molar-refractivity contribution in [3.8, 4) is 0 Å². The molecule has 2 N–H and O–H groups in total. The Morgan fingerprint density at radius 1 is 1.25 bits per heavy atom. The Hall–Kier alpha value is -0.180. The third kappa shape index (κ3) is 3.69. The number of hydrogen-bond donors (Lipinski definition) is 1. The summed E-state index contributed by atoms with van der Waals surface area (Å²) in [7, 11) is 0. The Balaban J connectivity index is 2.73. The number of halogens is 1. The molecule has 0 amide bonds. The van der Waals surface area contributed by atoms with E-state index in [-0.39, 0.29) is 0 Å². The summed E-state index contributed by atoms with van der Waals surface area (Å²) >= 11 is 7.97. The van der Waals surface area contributed by atoms with Crippen LogP contribution in [-0.2, 0) is 0 Å². The van der Waals surface area contributed by atoms with E-state index >= 15 is 0 Å². The molecule has 0 aliphatic rings. The average molecular weight is 258 g/mol. The van der Waals surface area contributed by atoms with E-state index in [0.29, 0.717) is 17.7 Å². The molecule has 90 valence electrons. The third-order valence-electron chi connectivity index (χ3n) is 2.92. The van der Waals surface area contributed by atoms with Crippen LogP contribution < -0.4 is 5.73 Å². The van der Waals surface area contributed by atoms with E-state index < -0.39 is 0 Å². The highest BCUT2D eigenvalue weighted by molar-refractivity contribution is 8.00. The molecule has 0 saturated heterocycles. The van der Waals surface area contributed by atoms with Gasteiger partial charge in [-0.05, 0) is 18.1 Å². The van der Waals surface area contributed by atoms with Crippen molar-refractivity contribution in [3.05, 3.63) is 29.3 Å². The van der Waals surface area contributed by atoms with Crippen molar-refractivity contribution in [1.82, 2.24) is 0 Å². The van der Waals surface area contributed by atoms with Crippen LogP contribution in [0.15, 0.2) is 29.2 Å².